The summed E-state index contributed by atoms with van der Waals surface area (Å²) in [4.78, 5) is 29.8. The van der Waals surface area contributed by atoms with E-state index in [1.807, 2.05) is 63.2 Å². The predicted octanol–water partition coefficient (Wildman–Crippen LogP) is 5.37. The zero-order valence-electron chi connectivity index (χ0n) is 19.9. The number of aliphatic hydroxyl groups excluding tert-OH is 1. The van der Waals surface area contributed by atoms with Crippen molar-refractivity contribution >= 4 is 44.3 Å². The van der Waals surface area contributed by atoms with E-state index in [9.17, 15) is 14.7 Å². The molecular weight excluding hydrogens is 460 g/mol. The summed E-state index contributed by atoms with van der Waals surface area (Å²) in [5, 5.41) is 18.7. The number of nitrogens with one attached hydrogen (secondary N) is 3. The van der Waals surface area contributed by atoms with Crippen molar-refractivity contribution in [1.29, 1.82) is 0 Å². The van der Waals surface area contributed by atoms with E-state index in [2.05, 4.69) is 20.9 Å². The van der Waals surface area contributed by atoms with Gasteiger partial charge in [-0.3, -0.25) is 10.1 Å². The molecule has 0 spiro atoms. The Morgan fingerprint density at radius 2 is 1.69 bits per heavy atom. The van der Waals surface area contributed by atoms with Crippen LogP contribution in [0.1, 0.15) is 38.5 Å². The molecule has 0 aliphatic rings. The summed E-state index contributed by atoms with van der Waals surface area (Å²) < 4.78 is 0.794. The van der Waals surface area contributed by atoms with Crippen LogP contribution in [0.2, 0.25) is 0 Å². The van der Waals surface area contributed by atoms with E-state index in [0.717, 1.165) is 32.6 Å². The normalized spacial score (nSPS) is 11.8. The maximum Gasteiger partial charge on any atom is 0.321 e. The second kappa shape index (κ2) is 10.7. The van der Waals surface area contributed by atoms with Gasteiger partial charge in [-0.2, -0.15) is 0 Å². The summed E-state index contributed by atoms with van der Waals surface area (Å²) in [7, 11) is 0. The molecule has 3 aromatic carbocycles. The number of thiazole rings is 1. The predicted molar refractivity (Wildman–Crippen MR) is 142 cm³/mol. The highest BCUT2D eigenvalue weighted by Gasteiger charge is 2.15. The molecule has 180 valence electrons. The molecule has 4 rings (SSSR count). The van der Waals surface area contributed by atoms with Crippen LogP contribution in [0.4, 0.5) is 15.6 Å². The Hall–Kier alpha value is -3.75. The largest absolute Gasteiger partial charge is 0.396 e. The highest BCUT2D eigenvalue weighted by Crippen LogP contribution is 2.28. The van der Waals surface area contributed by atoms with Crippen LogP contribution >= 0.6 is 11.3 Å². The lowest BCUT2D eigenvalue weighted by Crippen LogP contribution is -2.33. The molecule has 1 heterocycles. The Labute approximate surface area is 208 Å². The molecule has 0 bridgehead atoms. The minimum Gasteiger partial charge on any atom is -0.396 e. The van der Waals surface area contributed by atoms with Gasteiger partial charge in [-0.1, -0.05) is 59.4 Å². The van der Waals surface area contributed by atoms with Crippen molar-refractivity contribution < 1.29 is 14.7 Å². The van der Waals surface area contributed by atoms with Gasteiger partial charge >= 0.3 is 6.03 Å². The van der Waals surface area contributed by atoms with Gasteiger partial charge in [0.2, 0.25) is 0 Å². The van der Waals surface area contributed by atoms with E-state index < -0.39 is 6.03 Å². The van der Waals surface area contributed by atoms with Crippen molar-refractivity contribution in [1.82, 2.24) is 10.3 Å². The topological polar surface area (TPSA) is 103 Å². The lowest BCUT2D eigenvalue weighted by molar-refractivity contribution is 0.102. The highest BCUT2D eigenvalue weighted by atomic mass is 32.1. The average molecular weight is 489 g/mol. The maximum atomic E-state index is 12.9. The van der Waals surface area contributed by atoms with E-state index in [1.54, 1.807) is 18.2 Å². The SMILES string of the molecule is Cc1cc(C)c(NC(=O)c2ccc3nc(NC(=O)NCC(CO)c4ccccc4)sc3c2)c(C)c1. The van der Waals surface area contributed by atoms with Crippen LogP contribution < -0.4 is 16.0 Å². The number of aromatic nitrogens is 1. The van der Waals surface area contributed by atoms with Gasteiger partial charge < -0.3 is 15.7 Å². The van der Waals surface area contributed by atoms with Crippen molar-refractivity contribution in [3.8, 4) is 0 Å². The molecule has 4 N–H and O–H groups in total. The first-order valence-corrected chi connectivity index (χ1v) is 12.2. The van der Waals surface area contributed by atoms with Crippen molar-refractivity contribution in [3.05, 3.63) is 88.5 Å². The number of nitrogens with zero attached hydrogens (tertiary/aromatic N) is 1. The van der Waals surface area contributed by atoms with E-state index in [4.69, 9.17) is 0 Å². The van der Waals surface area contributed by atoms with E-state index in [0.29, 0.717) is 22.8 Å². The Bertz CT molecular complexity index is 1340. The summed E-state index contributed by atoms with van der Waals surface area (Å²) >= 11 is 1.30. The molecule has 0 fully saturated rings. The summed E-state index contributed by atoms with van der Waals surface area (Å²) in [6.07, 6.45) is 0. The quantitative estimate of drug-likeness (QED) is 0.281. The fourth-order valence-electron chi connectivity index (χ4n) is 4.05. The maximum absolute atomic E-state index is 12.9. The number of amides is 3. The first-order chi connectivity index (χ1) is 16.8. The zero-order valence-corrected chi connectivity index (χ0v) is 20.7. The van der Waals surface area contributed by atoms with Gasteiger partial charge in [0.05, 0.1) is 16.8 Å². The fourth-order valence-corrected chi connectivity index (χ4v) is 4.95. The zero-order chi connectivity index (χ0) is 24.9. The average Bonchev–Trinajstić information content (AvgIpc) is 3.23. The molecule has 35 heavy (non-hydrogen) atoms. The summed E-state index contributed by atoms with van der Waals surface area (Å²) in [5.41, 5.74) is 6.18. The van der Waals surface area contributed by atoms with Crippen LogP contribution in [0.25, 0.3) is 10.2 Å². The molecule has 0 radical (unpaired) electrons. The molecular formula is C27H28N4O3S. The molecule has 0 saturated carbocycles. The second-order valence-electron chi connectivity index (χ2n) is 8.55. The molecule has 7 nitrogen and oxygen atoms in total. The van der Waals surface area contributed by atoms with Crippen LogP contribution in [0, 0.1) is 20.8 Å². The Kier molecular flexibility index (Phi) is 7.43. The number of hydrogen-bond donors (Lipinski definition) is 4. The standard InChI is InChI=1S/C27H28N4O3S/c1-16-11-17(2)24(18(3)12-16)30-25(33)20-9-10-22-23(13-20)35-27(29-22)31-26(34)28-14-21(15-32)19-7-5-4-6-8-19/h4-13,21,32H,14-15H2,1-3H3,(H,30,33)(H2,28,29,31,34). The number of fused-ring (bicyclic) bond motifs is 1. The molecule has 3 amide bonds. The van der Waals surface area contributed by atoms with Gasteiger partial charge in [-0.05, 0) is 55.7 Å². The molecule has 8 heteroatoms. The second-order valence-corrected chi connectivity index (χ2v) is 9.59. The van der Waals surface area contributed by atoms with Crippen LogP contribution in [0.15, 0.2) is 60.7 Å². The Morgan fingerprint density at radius 1 is 0.971 bits per heavy atom. The monoisotopic (exact) mass is 488 g/mol. The molecule has 1 unspecified atom stereocenters. The third-order valence-corrected chi connectivity index (χ3v) is 6.72. The van der Waals surface area contributed by atoms with Gasteiger partial charge in [-0.25, -0.2) is 9.78 Å². The van der Waals surface area contributed by atoms with Gasteiger partial charge in [0.25, 0.3) is 5.91 Å². The fraction of sp³-hybridized carbons (Fsp3) is 0.222. The molecule has 0 aliphatic carbocycles. The number of anilines is 2. The van der Waals surface area contributed by atoms with Crippen LogP contribution in [0.3, 0.4) is 0 Å². The van der Waals surface area contributed by atoms with Crippen molar-refractivity contribution in [2.24, 2.45) is 0 Å². The lowest BCUT2D eigenvalue weighted by Gasteiger charge is -2.15. The van der Waals surface area contributed by atoms with E-state index in [1.165, 1.54) is 11.3 Å². The lowest BCUT2D eigenvalue weighted by atomic mass is 10.0. The molecule has 1 atom stereocenters. The number of carbonyl (C=O) groups excluding carboxylic acids is 2. The first kappa shape index (κ1) is 24.4. The summed E-state index contributed by atoms with van der Waals surface area (Å²) in [6, 6.07) is 18.5. The summed E-state index contributed by atoms with van der Waals surface area (Å²) in [5.74, 6) is -0.391. The number of aliphatic hydroxyl groups is 1. The number of urea groups is 1. The minimum atomic E-state index is -0.401. The number of benzene rings is 3. The molecule has 0 aliphatic heterocycles. The van der Waals surface area contributed by atoms with Gasteiger partial charge in [0.1, 0.15) is 0 Å². The Balaban J connectivity index is 1.41. The van der Waals surface area contributed by atoms with Crippen molar-refractivity contribution in [3.63, 3.8) is 0 Å². The number of carbonyl (C=O) groups is 2. The molecule has 4 aromatic rings. The van der Waals surface area contributed by atoms with Gasteiger partial charge in [0.15, 0.2) is 5.13 Å². The number of aryl methyl sites for hydroxylation is 3. The summed E-state index contributed by atoms with van der Waals surface area (Å²) in [6.45, 7) is 6.21. The van der Waals surface area contributed by atoms with Crippen molar-refractivity contribution in [2.45, 2.75) is 26.7 Å². The highest BCUT2D eigenvalue weighted by molar-refractivity contribution is 7.22. The number of rotatable bonds is 7. The smallest absolute Gasteiger partial charge is 0.321 e. The van der Waals surface area contributed by atoms with E-state index in [-0.39, 0.29) is 18.4 Å². The third kappa shape index (κ3) is 5.85. The van der Waals surface area contributed by atoms with Crippen LogP contribution in [-0.2, 0) is 0 Å². The number of hydrogen-bond acceptors (Lipinski definition) is 5. The molecule has 0 saturated heterocycles. The van der Waals surface area contributed by atoms with Gasteiger partial charge in [-0.15, -0.1) is 0 Å². The minimum absolute atomic E-state index is 0.0715. The van der Waals surface area contributed by atoms with Crippen LogP contribution in [0.5, 0.6) is 0 Å². The van der Waals surface area contributed by atoms with Crippen molar-refractivity contribution in [2.75, 3.05) is 23.8 Å². The first-order valence-electron chi connectivity index (χ1n) is 11.3. The van der Waals surface area contributed by atoms with E-state index >= 15 is 0 Å². The molecule has 1 aromatic heterocycles. The van der Waals surface area contributed by atoms with Gasteiger partial charge in [0, 0.05) is 23.7 Å². The van der Waals surface area contributed by atoms with Crippen LogP contribution in [-0.4, -0.2) is 35.2 Å². The third-order valence-electron chi connectivity index (χ3n) is 5.79. The Morgan fingerprint density at radius 3 is 2.37 bits per heavy atom.